The van der Waals surface area contributed by atoms with Gasteiger partial charge in [0.2, 0.25) is 0 Å². The lowest BCUT2D eigenvalue weighted by Gasteiger charge is -2.36. The zero-order valence-corrected chi connectivity index (χ0v) is 85.3. The van der Waals surface area contributed by atoms with Gasteiger partial charge in [0.15, 0.2) is 23.3 Å². The van der Waals surface area contributed by atoms with E-state index in [-0.39, 0.29) is 132 Å². The van der Waals surface area contributed by atoms with Crippen LogP contribution in [0.1, 0.15) is 308 Å². The van der Waals surface area contributed by atoms with Crippen LogP contribution < -0.4 is 52.5 Å². The quantitative estimate of drug-likeness (QED) is 0.0324. The van der Waals surface area contributed by atoms with Gasteiger partial charge in [0, 0.05) is 141 Å². The summed E-state index contributed by atoms with van der Waals surface area (Å²) in [6.45, 7) is 37.2. The second-order valence-corrected chi connectivity index (χ2v) is 39.3. The molecule has 10 N–H and O–H groups in total. The van der Waals surface area contributed by atoms with Crippen LogP contribution in [-0.4, -0.2) is 179 Å². The van der Waals surface area contributed by atoms with Crippen molar-refractivity contribution >= 4 is 115 Å². The van der Waals surface area contributed by atoms with E-state index in [1.807, 2.05) is 142 Å². The molecule has 4 aliphatic rings. The fourth-order valence-electron chi connectivity index (χ4n) is 19.1. The molecule has 2 saturated heterocycles. The molecule has 30 nitrogen and oxygen atoms in total. The van der Waals surface area contributed by atoms with Gasteiger partial charge in [-0.1, -0.05) is 113 Å². The number of nitrogen functional groups attached to an aromatic ring is 4. The van der Waals surface area contributed by atoms with Crippen LogP contribution in [0.2, 0.25) is 20.1 Å². The standard InChI is InChI=1S/C26H33ClFN5O2.2C25H31ClFN5O3.C25H31ClFN5O2/c1-13(2)35-23-17(15(4)25-31-16(5)22-24(29)30-10-11-33(22)25)12-18(27)21(28)20(23)26(34)32-19-9-7-6-8-14(19)3;1-12(2)34-22-17(15(5)24-30-16(6)21-23(28)29-7-8-32(21)24)9-18(26)20(27)19(22)25(33)31-10-13(3)35-14(4)11-31;1-13(2)35-22-17(14(3)24-30-15(4)21-23(28)29-8-10-32(21)24)11-18(26)20(27)19(22)25(33)31-9-6-7-16(12-31)34-5;1-13(2)34-22-17(14(3)24-30-15(4)21-23(28)29-10-11-32(21)24)12-18(26)20(27)19(22)25(33)31-16-8-6-5-7-9-16/h10-15,19H,6-9H2,1-5H3,(H2,29,30)(H,32,34);7-9,12-15H,10-11H2,1-6H3,(H2,28,29);8,10-11,13-14,16H,6-7,9,12H2,1-5H3,(H2,28,29);10-14,16H,5-9H2,1-4H3,(H2,28,29)(H,31,33). The summed E-state index contributed by atoms with van der Waals surface area (Å²) < 4.78 is 105. The van der Waals surface area contributed by atoms with Crippen molar-refractivity contribution in [3.63, 3.8) is 0 Å². The maximum Gasteiger partial charge on any atom is 0.260 e. The van der Waals surface area contributed by atoms with Gasteiger partial charge in [-0.25, -0.2) is 57.4 Å². The van der Waals surface area contributed by atoms with Gasteiger partial charge in [-0.05, 0) is 166 Å². The molecule has 4 fully saturated rings. The van der Waals surface area contributed by atoms with Gasteiger partial charge in [-0.2, -0.15) is 0 Å². The van der Waals surface area contributed by atoms with E-state index in [1.165, 1.54) is 24.3 Å². The maximum atomic E-state index is 15.5. The lowest BCUT2D eigenvalue weighted by Crippen LogP contribution is -2.48. The number of halogens is 8. The lowest BCUT2D eigenvalue weighted by atomic mass is 9.85. The summed E-state index contributed by atoms with van der Waals surface area (Å²) in [4.78, 5) is 92.9. The Hall–Kier alpha value is -11.6. The first-order valence-electron chi connectivity index (χ1n) is 47.4. The van der Waals surface area contributed by atoms with E-state index < -0.39 is 58.7 Å². The first-order chi connectivity index (χ1) is 65.9. The van der Waals surface area contributed by atoms with Crippen molar-refractivity contribution in [1.82, 2.24) is 77.9 Å². The number of nitrogens with two attached hydrogens (primary N) is 4. The topological polar surface area (TPSA) is 379 Å². The second-order valence-electron chi connectivity index (χ2n) is 37.6. The van der Waals surface area contributed by atoms with Crippen molar-refractivity contribution in [2.24, 2.45) is 5.92 Å². The van der Waals surface area contributed by atoms with Crippen molar-refractivity contribution in [3.05, 3.63) is 208 Å². The first kappa shape index (κ1) is 105. The Morgan fingerprint density at radius 1 is 0.410 bits per heavy atom. The molecule has 0 radical (unpaired) electrons. The van der Waals surface area contributed by atoms with Gasteiger partial charge >= 0.3 is 0 Å². The van der Waals surface area contributed by atoms with E-state index in [0.29, 0.717) is 134 Å². The number of hydrogen-bond acceptors (Lipinski definition) is 22. The molecular formula is C101H126Cl4F4N20O10. The van der Waals surface area contributed by atoms with Crippen LogP contribution in [0, 0.1) is 56.9 Å². The van der Waals surface area contributed by atoms with E-state index in [9.17, 15) is 19.2 Å². The van der Waals surface area contributed by atoms with Crippen LogP contribution >= 0.6 is 46.4 Å². The number of morpholine rings is 1. The number of carbonyl (C=O) groups excluding carboxylic acids is 4. The first-order valence-corrected chi connectivity index (χ1v) is 48.9. The number of methoxy groups -OCH3 is 1. The van der Waals surface area contributed by atoms with Gasteiger partial charge < -0.3 is 71.8 Å². The number of nitrogens with zero attached hydrogens (tertiary/aromatic N) is 14. The predicted molar refractivity (Wildman–Crippen MR) is 532 cm³/mol. The molecule has 4 amide bonds. The zero-order chi connectivity index (χ0) is 101. The Morgan fingerprint density at radius 2 is 0.712 bits per heavy atom. The third-order valence-corrected chi connectivity index (χ3v) is 26.8. The number of likely N-dealkylation sites (tertiary alicyclic amines) is 1. The number of amides is 4. The van der Waals surface area contributed by atoms with Crippen LogP contribution in [0.3, 0.4) is 0 Å². The van der Waals surface area contributed by atoms with Gasteiger partial charge in [0.25, 0.3) is 23.6 Å². The van der Waals surface area contributed by atoms with Crippen LogP contribution in [0.5, 0.6) is 23.0 Å². The highest BCUT2D eigenvalue weighted by Crippen LogP contribution is 2.47. The highest BCUT2D eigenvalue weighted by atomic mass is 35.5. The minimum atomic E-state index is -0.798. The van der Waals surface area contributed by atoms with Gasteiger partial charge in [-0.3, -0.25) is 36.8 Å². The van der Waals surface area contributed by atoms with Crippen LogP contribution in [-0.2, 0) is 9.47 Å². The number of anilines is 4. The Morgan fingerprint density at radius 3 is 1.04 bits per heavy atom. The second kappa shape index (κ2) is 44.5. The number of piperidine rings is 1. The molecule has 2 aliphatic carbocycles. The number of hydrogen-bond donors (Lipinski definition) is 6. The van der Waals surface area contributed by atoms with Crippen LogP contribution in [0.25, 0.3) is 22.1 Å². The molecule has 10 heterocycles. The minimum Gasteiger partial charge on any atom is -0.490 e. The van der Waals surface area contributed by atoms with Crippen molar-refractivity contribution in [1.29, 1.82) is 0 Å². The number of aromatic nitrogens is 12. The summed E-state index contributed by atoms with van der Waals surface area (Å²) in [6.07, 6.45) is 22.6. The fraction of sp³-hybridized carbons (Fsp3) is 0.485. The molecule has 9 unspecified atom stereocenters. The molecule has 9 atom stereocenters. The third-order valence-electron chi connectivity index (χ3n) is 25.7. The average Bonchev–Trinajstić information content (AvgIpc) is 1.71. The van der Waals surface area contributed by atoms with E-state index in [1.54, 1.807) is 66.5 Å². The number of fused-ring (bicyclic) bond motifs is 4. The Labute approximate surface area is 827 Å². The normalized spacial score (nSPS) is 17.9. The molecule has 0 spiro atoms. The molecule has 38 heteroatoms. The van der Waals surface area contributed by atoms with Crippen molar-refractivity contribution in [3.8, 4) is 23.0 Å². The monoisotopic (exact) mass is 1990 g/mol. The summed E-state index contributed by atoms with van der Waals surface area (Å²) in [5.41, 5.74) is 31.7. The van der Waals surface area contributed by atoms with Crippen LogP contribution in [0.4, 0.5) is 40.8 Å². The largest absolute Gasteiger partial charge is 0.490 e. The number of imidazole rings is 4. The highest BCUT2D eigenvalue weighted by molar-refractivity contribution is 6.32. The highest BCUT2D eigenvalue weighted by Gasteiger charge is 2.40. The molecule has 16 rings (SSSR count). The van der Waals surface area contributed by atoms with E-state index in [0.717, 1.165) is 82.0 Å². The molecule has 0 bridgehead atoms. The van der Waals surface area contributed by atoms with E-state index >= 15 is 17.6 Å². The molecule has 2 saturated carbocycles. The minimum absolute atomic E-state index is 0.0155. The summed E-state index contributed by atoms with van der Waals surface area (Å²) in [5.74, 6) is -1.55. The Kier molecular flexibility index (Phi) is 33.5. The van der Waals surface area contributed by atoms with E-state index in [2.05, 4.69) is 37.5 Å². The molecule has 12 aromatic rings. The molecule has 139 heavy (non-hydrogen) atoms. The van der Waals surface area contributed by atoms with Gasteiger partial charge in [0.1, 0.15) is 114 Å². The summed E-state index contributed by atoms with van der Waals surface area (Å²) in [5, 5.41) is 5.48. The number of benzene rings is 4. The lowest BCUT2D eigenvalue weighted by molar-refractivity contribution is -0.0588. The molecule has 746 valence electrons. The number of rotatable bonds is 23. The van der Waals surface area contributed by atoms with Crippen molar-refractivity contribution < 1.29 is 65.2 Å². The van der Waals surface area contributed by atoms with Crippen LogP contribution in [0.15, 0.2) is 73.8 Å². The Bertz CT molecular complexity index is 6550. The summed E-state index contributed by atoms with van der Waals surface area (Å²) in [7, 11) is 1.62. The number of aryl methyl sites for hydroxylation is 4. The number of carbonyl (C=O) groups is 4. The zero-order valence-electron chi connectivity index (χ0n) is 82.3. The average molecular weight is 2000 g/mol. The summed E-state index contributed by atoms with van der Waals surface area (Å²) in [6, 6.07) is 6.09. The van der Waals surface area contributed by atoms with E-state index in [4.69, 9.17) is 118 Å². The number of ether oxygens (including phenoxy) is 6. The summed E-state index contributed by atoms with van der Waals surface area (Å²) >= 11 is 25.4. The molecular weight excluding hydrogens is 1870 g/mol. The molecule has 2 aliphatic heterocycles. The van der Waals surface area contributed by atoms with Gasteiger partial charge in [-0.15, -0.1) is 0 Å². The SMILES string of the molecule is COC1CCCN(C(=O)c2c(F)c(Cl)cc(C(C)c3nc(C)c4c(N)nccn34)c2OC(C)C)C1.Cc1nc(C(C)c2cc(Cl)c(F)c(C(=O)N3CC(C)OC(C)C3)c2OC(C)C)n2ccnc(N)c12.Cc1nc(C(C)c2cc(Cl)c(F)c(C(=O)NC3CCCCC3)c2OC(C)C)n2ccnc(N)c12.Cc1nc(C(C)c2cc(Cl)c(F)c(C(=O)NC3CCCCC3C)c2OC(C)C)n2ccnc(N)c12. The van der Waals surface area contributed by atoms with Gasteiger partial charge in [0.05, 0.1) is 85.6 Å². The predicted octanol–water partition coefficient (Wildman–Crippen LogP) is 20.3. The van der Waals surface area contributed by atoms with Crippen molar-refractivity contribution in [2.45, 2.75) is 281 Å². The Balaban J connectivity index is 0.000000156. The smallest absolute Gasteiger partial charge is 0.260 e. The molecule has 4 aromatic carbocycles. The van der Waals surface area contributed by atoms with Crippen molar-refractivity contribution in [2.75, 3.05) is 56.2 Å². The fourth-order valence-corrected chi connectivity index (χ4v) is 20.0. The number of nitrogens with one attached hydrogen (secondary N) is 2. The maximum absolute atomic E-state index is 15.5. The molecule has 8 aromatic heterocycles. The third kappa shape index (κ3) is 22.4.